The molecule has 1 heterocycles. The van der Waals surface area contributed by atoms with Crippen molar-refractivity contribution in [3.8, 4) is 11.5 Å². The molecule has 1 saturated heterocycles. The van der Waals surface area contributed by atoms with Gasteiger partial charge in [-0.25, -0.2) is 4.99 Å². The van der Waals surface area contributed by atoms with Crippen molar-refractivity contribution in [3.05, 3.63) is 60.2 Å². The van der Waals surface area contributed by atoms with Crippen LogP contribution >= 0.6 is 24.0 Å². The van der Waals surface area contributed by atoms with Gasteiger partial charge in [0, 0.05) is 39.3 Å². The van der Waals surface area contributed by atoms with Gasteiger partial charge in [0.15, 0.2) is 12.6 Å². The van der Waals surface area contributed by atoms with Gasteiger partial charge in [-0.2, -0.15) is 0 Å². The first-order valence-corrected chi connectivity index (χ1v) is 11.1. The molecule has 33 heavy (non-hydrogen) atoms. The van der Waals surface area contributed by atoms with Crippen LogP contribution in [0.4, 0.5) is 0 Å². The first-order valence-electron chi connectivity index (χ1n) is 11.1. The molecule has 0 unspecified atom stereocenters. The van der Waals surface area contributed by atoms with Crippen LogP contribution in [0.1, 0.15) is 12.5 Å². The SMILES string of the molecule is CCNC(=NCc1cccc(OCC(N)=O)c1)N1CCN(CCOc2ccccc2)CC1.I. The molecule has 0 aromatic heterocycles. The molecule has 3 rings (SSSR count). The Morgan fingerprint density at radius 1 is 1.03 bits per heavy atom. The lowest BCUT2D eigenvalue weighted by Gasteiger charge is -2.36. The number of carbonyl (C=O) groups excluding carboxylic acids is 1. The first kappa shape index (κ1) is 26.7. The Morgan fingerprint density at radius 2 is 1.76 bits per heavy atom. The zero-order chi connectivity index (χ0) is 22.6. The molecule has 0 radical (unpaired) electrons. The third-order valence-corrected chi connectivity index (χ3v) is 5.12. The summed E-state index contributed by atoms with van der Waals surface area (Å²) >= 11 is 0. The van der Waals surface area contributed by atoms with E-state index in [1.807, 2.05) is 54.6 Å². The van der Waals surface area contributed by atoms with Crippen LogP contribution < -0.4 is 20.5 Å². The van der Waals surface area contributed by atoms with Gasteiger partial charge in [-0.05, 0) is 36.8 Å². The number of hydrogen-bond acceptors (Lipinski definition) is 5. The molecule has 1 aliphatic heterocycles. The Morgan fingerprint density at radius 3 is 2.45 bits per heavy atom. The predicted molar refractivity (Wildman–Crippen MR) is 141 cm³/mol. The van der Waals surface area contributed by atoms with Crippen molar-refractivity contribution in [1.29, 1.82) is 0 Å². The summed E-state index contributed by atoms with van der Waals surface area (Å²) in [4.78, 5) is 20.4. The zero-order valence-electron chi connectivity index (χ0n) is 19.1. The van der Waals surface area contributed by atoms with Gasteiger partial charge < -0.3 is 25.4 Å². The highest BCUT2D eigenvalue weighted by Gasteiger charge is 2.19. The van der Waals surface area contributed by atoms with Crippen LogP contribution in [0.3, 0.4) is 0 Å². The number of nitrogens with one attached hydrogen (secondary N) is 1. The maximum atomic E-state index is 10.9. The molecule has 180 valence electrons. The summed E-state index contributed by atoms with van der Waals surface area (Å²) in [7, 11) is 0. The summed E-state index contributed by atoms with van der Waals surface area (Å²) in [6, 6.07) is 17.5. The molecule has 1 amide bonds. The number of nitrogens with zero attached hydrogens (tertiary/aromatic N) is 3. The molecule has 0 bridgehead atoms. The highest BCUT2D eigenvalue weighted by Crippen LogP contribution is 2.14. The lowest BCUT2D eigenvalue weighted by Crippen LogP contribution is -2.53. The highest BCUT2D eigenvalue weighted by molar-refractivity contribution is 14.0. The second kappa shape index (κ2) is 14.6. The van der Waals surface area contributed by atoms with E-state index < -0.39 is 5.91 Å². The molecule has 9 heteroatoms. The summed E-state index contributed by atoms with van der Waals surface area (Å²) < 4.78 is 11.2. The van der Waals surface area contributed by atoms with E-state index in [1.54, 1.807) is 0 Å². The number of nitrogens with two attached hydrogens (primary N) is 1. The second-order valence-electron chi connectivity index (χ2n) is 7.56. The standard InChI is InChI=1S/C24H33N5O3.HI/c1-2-26-24(27-18-20-7-6-10-22(17-20)32-19-23(25)30)29-13-11-28(12-14-29)15-16-31-21-8-4-3-5-9-21;/h3-10,17H,2,11-16,18-19H2,1H3,(H2,25,30)(H,26,27);1H. The number of para-hydroxylation sites is 1. The molecule has 0 aliphatic carbocycles. The van der Waals surface area contributed by atoms with E-state index in [-0.39, 0.29) is 30.6 Å². The van der Waals surface area contributed by atoms with Crippen molar-refractivity contribution in [3.63, 3.8) is 0 Å². The maximum absolute atomic E-state index is 10.9. The van der Waals surface area contributed by atoms with Crippen LogP contribution in [-0.2, 0) is 11.3 Å². The average molecular weight is 567 g/mol. The molecule has 1 fully saturated rings. The van der Waals surface area contributed by atoms with Crippen molar-refractivity contribution in [2.45, 2.75) is 13.5 Å². The van der Waals surface area contributed by atoms with Crippen LogP contribution in [0.5, 0.6) is 11.5 Å². The molecule has 0 saturated carbocycles. The van der Waals surface area contributed by atoms with E-state index in [0.717, 1.165) is 56.5 Å². The molecule has 0 atom stereocenters. The summed E-state index contributed by atoms with van der Waals surface area (Å²) in [5, 5.41) is 3.40. The van der Waals surface area contributed by atoms with Gasteiger partial charge in [-0.3, -0.25) is 9.69 Å². The third kappa shape index (κ3) is 9.47. The number of hydrogen-bond donors (Lipinski definition) is 2. The summed E-state index contributed by atoms with van der Waals surface area (Å²) in [6.45, 7) is 8.66. The van der Waals surface area contributed by atoms with E-state index in [1.165, 1.54) is 0 Å². The van der Waals surface area contributed by atoms with Crippen molar-refractivity contribution >= 4 is 35.8 Å². The minimum Gasteiger partial charge on any atom is -0.492 e. The predicted octanol–water partition coefficient (Wildman–Crippen LogP) is 2.33. The Balaban J connectivity index is 0.00000385. The molecule has 2 aromatic carbocycles. The average Bonchev–Trinajstić information content (AvgIpc) is 2.82. The fraction of sp³-hybridized carbons (Fsp3) is 0.417. The minimum atomic E-state index is -0.492. The molecule has 0 spiro atoms. The molecule has 1 aliphatic rings. The fourth-order valence-electron chi connectivity index (χ4n) is 3.47. The van der Waals surface area contributed by atoms with Crippen molar-refractivity contribution < 1.29 is 14.3 Å². The Bertz CT molecular complexity index is 873. The lowest BCUT2D eigenvalue weighted by atomic mass is 10.2. The number of rotatable bonds is 10. The molecular formula is C24H34IN5O3. The number of amides is 1. The van der Waals surface area contributed by atoms with Crippen molar-refractivity contribution in [2.24, 2.45) is 10.7 Å². The number of guanidine groups is 1. The van der Waals surface area contributed by atoms with E-state index in [9.17, 15) is 4.79 Å². The quantitative estimate of drug-likeness (QED) is 0.260. The number of benzene rings is 2. The topological polar surface area (TPSA) is 92.4 Å². The van der Waals surface area contributed by atoms with Crippen LogP contribution in [0, 0.1) is 0 Å². The zero-order valence-corrected chi connectivity index (χ0v) is 21.4. The summed E-state index contributed by atoms with van der Waals surface area (Å²) in [5.41, 5.74) is 6.16. The largest absolute Gasteiger partial charge is 0.492 e. The second-order valence-corrected chi connectivity index (χ2v) is 7.56. The van der Waals surface area contributed by atoms with Crippen LogP contribution in [0.2, 0.25) is 0 Å². The van der Waals surface area contributed by atoms with Crippen LogP contribution in [0.15, 0.2) is 59.6 Å². The number of ether oxygens (including phenoxy) is 2. The molecular weight excluding hydrogens is 533 g/mol. The smallest absolute Gasteiger partial charge is 0.255 e. The monoisotopic (exact) mass is 567 g/mol. The Labute approximate surface area is 213 Å². The number of halogens is 1. The van der Waals surface area contributed by atoms with Gasteiger partial charge in [0.2, 0.25) is 0 Å². The van der Waals surface area contributed by atoms with Gasteiger partial charge in [-0.1, -0.05) is 30.3 Å². The lowest BCUT2D eigenvalue weighted by molar-refractivity contribution is -0.119. The van der Waals surface area contributed by atoms with Gasteiger partial charge in [0.1, 0.15) is 18.1 Å². The van der Waals surface area contributed by atoms with Gasteiger partial charge in [0.05, 0.1) is 6.54 Å². The maximum Gasteiger partial charge on any atom is 0.255 e. The normalized spacial score (nSPS) is 14.3. The van der Waals surface area contributed by atoms with Crippen LogP contribution in [0.25, 0.3) is 0 Å². The summed E-state index contributed by atoms with van der Waals surface area (Å²) in [6.07, 6.45) is 0. The van der Waals surface area contributed by atoms with Gasteiger partial charge in [-0.15, -0.1) is 24.0 Å². The Kier molecular flexibility index (Phi) is 11.8. The number of piperazine rings is 1. The van der Waals surface area contributed by atoms with E-state index in [4.69, 9.17) is 20.2 Å². The minimum absolute atomic E-state index is 0. The van der Waals surface area contributed by atoms with Gasteiger partial charge in [0.25, 0.3) is 5.91 Å². The molecule has 2 aromatic rings. The van der Waals surface area contributed by atoms with Gasteiger partial charge >= 0.3 is 0 Å². The molecule has 3 N–H and O–H groups in total. The van der Waals surface area contributed by atoms with Crippen LogP contribution in [-0.4, -0.2) is 74.1 Å². The van der Waals surface area contributed by atoms with E-state index in [2.05, 4.69) is 22.0 Å². The number of primary amides is 1. The number of carbonyl (C=O) groups is 1. The highest BCUT2D eigenvalue weighted by atomic mass is 127. The van der Waals surface area contributed by atoms with E-state index in [0.29, 0.717) is 18.9 Å². The fourth-order valence-corrected chi connectivity index (χ4v) is 3.47. The molecule has 8 nitrogen and oxygen atoms in total. The first-order chi connectivity index (χ1) is 15.6. The van der Waals surface area contributed by atoms with Crippen molar-refractivity contribution in [2.75, 3.05) is 52.5 Å². The van der Waals surface area contributed by atoms with Crippen molar-refractivity contribution in [1.82, 2.24) is 15.1 Å². The van der Waals surface area contributed by atoms with E-state index >= 15 is 0 Å². The third-order valence-electron chi connectivity index (χ3n) is 5.12. The number of aliphatic imine (C=N–C) groups is 1. The Hall–Kier alpha value is -2.53. The summed E-state index contributed by atoms with van der Waals surface area (Å²) in [5.74, 6) is 1.95.